The standard InChI is InChI=1S/C22H28ClN3O4S/c1-15-5-6-18(11-16(15)2)31(28,29)26-9-7-25(8-10-26)14-22(27)24-20-12-17(3)19(23)13-21(20)30-4/h5-6,11-13H,7-10,14H2,1-4H3,(H,24,27). The highest BCUT2D eigenvalue weighted by atomic mass is 35.5. The monoisotopic (exact) mass is 465 g/mol. The zero-order chi connectivity index (χ0) is 22.8. The molecule has 0 radical (unpaired) electrons. The van der Waals surface area contributed by atoms with Crippen molar-refractivity contribution in [3.8, 4) is 5.75 Å². The van der Waals surface area contributed by atoms with Crippen LogP contribution in [0.2, 0.25) is 5.02 Å². The number of ether oxygens (including phenoxy) is 1. The summed E-state index contributed by atoms with van der Waals surface area (Å²) in [5.41, 5.74) is 3.40. The number of anilines is 1. The third kappa shape index (κ3) is 5.38. The molecule has 0 spiro atoms. The van der Waals surface area contributed by atoms with Gasteiger partial charge in [-0.25, -0.2) is 8.42 Å². The first-order valence-electron chi connectivity index (χ1n) is 10.1. The summed E-state index contributed by atoms with van der Waals surface area (Å²) in [6.45, 7) is 7.52. The second kappa shape index (κ2) is 9.56. The number of amides is 1. The highest BCUT2D eigenvalue weighted by Gasteiger charge is 2.29. The zero-order valence-electron chi connectivity index (χ0n) is 18.2. The van der Waals surface area contributed by atoms with E-state index in [0.29, 0.717) is 47.5 Å². The first-order chi connectivity index (χ1) is 14.6. The van der Waals surface area contributed by atoms with Gasteiger partial charge in [-0.1, -0.05) is 17.7 Å². The fourth-order valence-corrected chi connectivity index (χ4v) is 5.14. The van der Waals surface area contributed by atoms with Gasteiger partial charge in [0.15, 0.2) is 0 Å². The van der Waals surface area contributed by atoms with Crippen molar-refractivity contribution in [3.63, 3.8) is 0 Å². The van der Waals surface area contributed by atoms with E-state index in [1.54, 1.807) is 24.3 Å². The molecule has 1 amide bonds. The SMILES string of the molecule is COc1cc(Cl)c(C)cc1NC(=O)CN1CCN(S(=O)(=O)c2ccc(C)c(C)c2)CC1. The summed E-state index contributed by atoms with van der Waals surface area (Å²) in [4.78, 5) is 14.8. The van der Waals surface area contributed by atoms with Crippen LogP contribution in [0, 0.1) is 20.8 Å². The highest BCUT2D eigenvalue weighted by Crippen LogP contribution is 2.31. The van der Waals surface area contributed by atoms with Gasteiger partial charge in [0.2, 0.25) is 15.9 Å². The molecule has 0 bridgehead atoms. The normalized spacial score (nSPS) is 15.6. The van der Waals surface area contributed by atoms with Crippen molar-refractivity contribution in [2.45, 2.75) is 25.7 Å². The predicted molar refractivity (Wildman–Crippen MR) is 122 cm³/mol. The van der Waals surface area contributed by atoms with Crippen LogP contribution in [0.25, 0.3) is 0 Å². The van der Waals surface area contributed by atoms with Crippen LogP contribution in [-0.4, -0.2) is 63.4 Å². The van der Waals surface area contributed by atoms with Crippen LogP contribution >= 0.6 is 11.6 Å². The summed E-state index contributed by atoms with van der Waals surface area (Å²) in [7, 11) is -2.02. The van der Waals surface area contributed by atoms with Gasteiger partial charge in [0, 0.05) is 37.3 Å². The van der Waals surface area contributed by atoms with E-state index in [1.807, 2.05) is 31.7 Å². The number of nitrogens with one attached hydrogen (secondary N) is 1. The number of nitrogens with zero attached hydrogens (tertiary/aromatic N) is 2. The van der Waals surface area contributed by atoms with Crippen molar-refractivity contribution in [1.29, 1.82) is 0 Å². The average molecular weight is 466 g/mol. The maximum absolute atomic E-state index is 13.0. The Bertz CT molecular complexity index is 1080. The number of aryl methyl sites for hydroxylation is 3. The summed E-state index contributed by atoms with van der Waals surface area (Å²) in [5, 5.41) is 3.43. The van der Waals surface area contributed by atoms with Crippen molar-refractivity contribution < 1.29 is 17.9 Å². The number of halogens is 1. The summed E-state index contributed by atoms with van der Waals surface area (Å²) in [6.07, 6.45) is 0. The fraction of sp³-hybridized carbons (Fsp3) is 0.409. The molecule has 1 aliphatic rings. The summed E-state index contributed by atoms with van der Waals surface area (Å²) in [5.74, 6) is 0.304. The van der Waals surface area contributed by atoms with Crippen molar-refractivity contribution in [2.75, 3.05) is 45.2 Å². The molecule has 0 unspecified atom stereocenters. The van der Waals surface area contributed by atoms with Crippen LogP contribution in [0.4, 0.5) is 5.69 Å². The smallest absolute Gasteiger partial charge is 0.243 e. The number of piperazine rings is 1. The zero-order valence-corrected chi connectivity index (χ0v) is 19.8. The Morgan fingerprint density at radius 2 is 1.71 bits per heavy atom. The van der Waals surface area contributed by atoms with Crippen molar-refractivity contribution in [2.24, 2.45) is 0 Å². The number of carbonyl (C=O) groups is 1. The van der Waals surface area contributed by atoms with E-state index in [4.69, 9.17) is 16.3 Å². The Morgan fingerprint density at radius 3 is 2.32 bits per heavy atom. The number of carbonyl (C=O) groups excluding carboxylic acids is 1. The van der Waals surface area contributed by atoms with Crippen molar-refractivity contribution >= 4 is 33.2 Å². The lowest BCUT2D eigenvalue weighted by atomic mass is 10.1. The molecule has 31 heavy (non-hydrogen) atoms. The van der Waals surface area contributed by atoms with Crippen molar-refractivity contribution in [1.82, 2.24) is 9.21 Å². The fourth-order valence-electron chi connectivity index (χ4n) is 3.47. The Hall–Kier alpha value is -2.13. The molecule has 7 nitrogen and oxygen atoms in total. The lowest BCUT2D eigenvalue weighted by molar-refractivity contribution is -0.117. The lowest BCUT2D eigenvalue weighted by Gasteiger charge is -2.33. The van der Waals surface area contributed by atoms with Gasteiger partial charge in [-0.15, -0.1) is 0 Å². The van der Waals surface area contributed by atoms with Crippen LogP contribution in [-0.2, 0) is 14.8 Å². The summed E-state index contributed by atoms with van der Waals surface area (Å²) < 4.78 is 32.7. The van der Waals surface area contributed by atoms with Crippen LogP contribution in [0.5, 0.6) is 5.75 Å². The van der Waals surface area contributed by atoms with E-state index in [9.17, 15) is 13.2 Å². The van der Waals surface area contributed by atoms with Gasteiger partial charge in [-0.2, -0.15) is 4.31 Å². The maximum Gasteiger partial charge on any atom is 0.243 e. The molecule has 1 fully saturated rings. The lowest BCUT2D eigenvalue weighted by Crippen LogP contribution is -2.50. The van der Waals surface area contributed by atoms with Gasteiger partial charge in [0.25, 0.3) is 0 Å². The molecule has 9 heteroatoms. The molecule has 2 aromatic rings. The summed E-state index contributed by atoms with van der Waals surface area (Å²) in [6, 6.07) is 8.64. The Kier molecular flexibility index (Phi) is 7.26. The second-order valence-corrected chi connectivity index (χ2v) is 10.1. The Labute approximate surface area is 189 Å². The van der Waals surface area contributed by atoms with E-state index in [1.165, 1.54) is 11.4 Å². The molecule has 2 aromatic carbocycles. The first-order valence-corrected chi connectivity index (χ1v) is 11.9. The number of benzene rings is 2. The van der Waals surface area contributed by atoms with Crippen LogP contribution in [0.1, 0.15) is 16.7 Å². The van der Waals surface area contributed by atoms with Crippen LogP contribution in [0.15, 0.2) is 35.2 Å². The van der Waals surface area contributed by atoms with E-state index in [-0.39, 0.29) is 12.5 Å². The van der Waals surface area contributed by atoms with Gasteiger partial charge >= 0.3 is 0 Å². The predicted octanol–water partition coefficient (Wildman–Crippen LogP) is 3.22. The third-order valence-corrected chi connectivity index (χ3v) is 7.87. The topological polar surface area (TPSA) is 79.0 Å². The Balaban J connectivity index is 1.59. The molecule has 168 valence electrons. The van der Waals surface area contributed by atoms with Crippen LogP contribution in [0.3, 0.4) is 0 Å². The van der Waals surface area contributed by atoms with E-state index >= 15 is 0 Å². The molecule has 3 rings (SSSR count). The minimum Gasteiger partial charge on any atom is -0.495 e. The van der Waals surface area contributed by atoms with Gasteiger partial charge in [-0.05, 0) is 55.7 Å². The van der Waals surface area contributed by atoms with Gasteiger partial charge in [-0.3, -0.25) is 9.69 Å². The molecule has 0 aliphatic carbocycles. The molecule has 1 saturated heterocycles. The largest absolute Gasteiger partial charge is 0.495 e. The van der Waals surface area contributed by atoms with E-state index in [2.05, 4.69) is 5.32 Å². The summed E-state index contributed by atoms with van der Waals surface area (Å²) >= 11 is 6.11. The van der Waals surface area contributed by atoms with Gasteiger partial charge in [0.1, 0.15) is 5.75 Å². The molecular formula is C22H28ClN3O4S. The number of hydrogen-bond acceptors (Lipinski definition) is 5. The maximum atomic E-state index is 13.0. The molecule has 1 aliphatic heterocycles. The minimum absolute atomic E-state index is 0.169. The first kappa shape index (κ1) is 23.5. The second-order valence-electron chi connectivity index (χ2n) is 7.78. The highest BCUT2D eigenvalue weighted by molar-refractivity contribution is 7.89. The third-order valence-electron chi connectivity index (χ3n) is 5.57. The molecular weight excluding hydrogens is 438 g/mol. The molecule has 1 heterocycles. The number of methoxy groups -OCH3 is 1. The Morgan fingerprint density at radius 1 is 1.03 bits per heavy atom. The molecule has 0 atom stereocenters. The molecule has 0 aromatic heterocycles. The minimum atomic E-state index is -3.54. The quantitative estimate of drug-likeness (QED) is 0.708. The van der Waals surface area contributed by atoms with Crippen LogP contribution < -0.4 is 10.1 Å². The number of sulfonamides is 1. The molecule has 0 saturated carbocycles. The molecule has 1 N–H and O–H groups in total. The van der Waals surface area contributed by atoms with E-state index in [0.717, 1.165) is 16.7 Å². The number of rotatable bonds is 6. The number of hydrogen-bond donors (Lipinski definition) is 1. The van der Waals surface area contributed by atoms with Gasteiger partial charge in [0.05, 0.1) is 24.2 Å². The van der Waals surface area contributed by atoms with E-state index < -0.39 is 10.0 Å². The van der Waals surface area contributed by atoms with Gasteiger partial charge < -0.3 is 10.1 Å². The average Bonchev–Trinajstić information content (AvgIpc) is 2.72. The van der Waals surface area contributed by atoms with Crippen molar-refractivity contribution in [3.05, 3.63) is 52.0 Å².